The van der Waals surface area contributed by atoms with Crippen LogP contribution in [0.25, 0.3) is 0 Å². The van der Waals surface area contributed by atoms with Crippen molar-refractivity contribution in [3.63, 3.8) is 0 Å². The van der Waals surface area contributed by atoms with Gasteiger partial charge >= 0.3 is 0 Å². The lowest BCUT2D eigenvalue weighted by Gasteiger charge is -2.15. The van der Waals surface area contributed by atoms with Gasteiger partial charge in [0.15, 0.2) is 5.82 Å². The lowest BCUT2D eigenvalue weighted by atomic mass is 10.4. The van der Waals surface area contributed by atoms with E-state index in [9.17, 15) is 4.79 Å². The molecule has 0 radical (unpaired) electrons. The van der Waals surface area contributed by atoms with Crippen molar-refractivity contribution in [3.05, 3.63) is 12.0 Å². The van der Waals surface area contributed by atoms with Crippen molar-refractivity contribution in [1.82, 2.24) is 14.9 Å². The summed E-state index contributed by atoms with van der Waals surface area (Å²) in [5.41, 5.74) is 7.91. The maximum Gasteiger partial charge on any atom is 0.269 e. The second kappa shape index (κ2) is 7.38. The van der Waals surface area contributed by atoms with Gasteiger partial charge in [0.05, 0.1) is 12.9 Å². The lowest BCUT2D eigenvalue weighted by molar-refractivity contribution is 0.0997. The molecule has 0 atom stereocenters. The maximum absolute atomic E-state index is 11.0. The average Bonchev–Trinajstić information content (AvgIpc) is 2.82. The van der Waals surface area contributed by atoms with Crippen molar-refractivity contribution < 1.29 is 4.79 Å². The Hall–Kier alpha value is -1.96. The van der Waals surface area contributed by atoms with E-state index in [-0.39, 0.29) is 11.5 Å². The number of amides is 1. The average molecular weight is 253 g/mol. The van der Waals surface area contributed by atoms with E-state index in [2.05, 4.69) is 44.5 Å². The summed E-state index contributed by atoms with van der Waals surface area (Å²) in [6.07, 6.45) is 1.37. The van der Waals surface area contributed by atoms with E-state index >= 15 is 0 Å². The summed E-state index contributed by atoms with van der Waals surface area (Å²) in [7, 11) is 0. The monoisotopic (exact) mass is 253 g/mol. The van der Waals surface area contributed by atoms with Crippen LogP contribution in [-0.4, -0.2) is 47.0 Å². The molecule has 0 aliphatic heterocycles. The second-order valence-corrected chi connectivity index (χ2v) is 3.59. The van der Waals surface area contributed by atoms with E-state index in [1.807, 2.05) is 0 Å². The smallest absolute Gasteiger partial charge is 0.269 e. The van der Waals surface area contributed by atoms with E-state index in [0.29, 0.717) is 6.54 Å². The number of primary amides is 1. The van der Waals surface area contributed by atoms with Crippen LogP contribution < -0.4 is 11.2 Å². The highest BCUT2D eigenvalue weighted by Crippen LogP contribution is 2.07. The molecule has 0 aliphatic rings. The zero-order valence-electron chi connectivity index (χ0n) is 10.7. The number of likely N-dealkylation sites (N-methyl/N-ethyl adjacent to an activating group) is 1. The van der Waals surface area contributed by atoms with E-state index in [0.717, 1.165) is 19.6 Å². The minimum atomic E-state index is -0.589. The van der Waals surface area contributed by atoms with Gasteiger partial charge in [-0.25, -0.2) is 10.4 Å². The number of nitrogens with one attached hydrogen (secondary N) is 2. The number of anilines is 1. The number of hydrogen-bond acceptors (Lipinski definition) is 5. The zero-order chi connectivity index (χ0) is 13.4. The molecule has 4 N–H and O–H groups in total. The highest BCUT2D eigenvalue weighted by atomic mass is 16.1. The predicted octanol–water partition coefficient (Wildman–Crippen LogP) is 0.629. The largest absolute Gasteiger partial charge is 0.364 e. The first-order valence-corrected chi connectivity index (χ1v) is 5.87. The number of hydrogen-bond donors (Lipinski definition) is 3. The summed E-state index contributed by atoms with van der Waals surface area (Å²) in [6.45, 7) is 7.62. The Morgan fingerprint density at radius 2 is 2.28 bits per heavy atom. The fourth-order valence-corrected chi connectivity index (χ4v) is 1.43. The van der Waals surface area contributed by atoms with Crippen molar-refractivity contribution in [2.24, 2.45) is 16.1 Å². The third-order valence-corrected chi connectivity index (χ3v) is 2.52. The zero-order valence-corrected chi connectivity index (χ0v) is 10.7. The SMILES string of the molecule is CCN(CC)CCN=NNc1nc[nH]c1C(N)=O. The Bertz CT molecular complexity index is 397. The molecule has 18 heavy (non-hydrogen) atoms. The number of H-pyrrole nitrogens is 1. The summed E-state index contributed by atoms with van der Waals surface area (Å²) in [6, 6.07) is 0. The highest BCUT2D eigenvalue weighted by Gasteiger charge is 2.09. The Morgan fingerprint density at radius 3 is 2.89 bits per heavy atom. The second-order valence-electron chi connectivity index (χ2n) is 3.59. The van der Waals surface area contributed by atoms with Crippen LogP contribution in [0.3, 0.4) is 0 Å². The first-order chi connectivity index (χ1) is 8.69. The minimum Gasteiger partial charge on any atom is -0.364 e. The molecule has 1 amide bonds. The van der Waals surface area contributed by atoms with Gasteiger partial charge in [-0.1, -0.05) is 19.1 Å². The Balaban J connectivity index is 2.36. The molecule has 0 unspecified atom stereocenters. The van der Waals surface area contributed by atoms with Crippen LogP contribution >= 0.6 is 0 Å². The molecule has 0 fully saturated rings. The van der Waals surface area contributed by atoms with Crippen molar-refractivity contribution >= 4 is 11.7 Å². The maximum atomic E-state index is 11.0. The van der Waals surface area contributed by atoms with Gasteiger partial charge in [-0.3, -0.25) is 4.79 Å². The topological polar surface area (TPSA) is 112 Å². The van der Waals surface area contributed by atoms with E-state index in [1.165, 1.54) is 6.33 Å². The Kier molecular flexibility index (Phi) is 5.78. The number of nitrogens with zero attached hydrogens (tertiary/aromatic N) is 4. The molecule has 0 aliphatic carbocycles. The molecule has 1 aromatic heterocycles. The van der Waals surface area contributed by atoms with Crippen molar-refractivity contribution in [3.8, 4) is 0 Å². The van der Waals surface area contributed by atoms with Gasteiger partial charge in [0.25, 0.3) is 5.91 Å². The fraction of sp³-hybridized carbons (Fsp3) is 0.600. The molecule has 0 saturated carbocycles. The van der Waals surface area contributed by atoms with Gasteiger partial charge in [-0.05, 0) is 13.1 Å². The van der Waals surface area contributed by atoms with Crippen LogP contribution in [0.4, 0.5) is 5.82 Å². The normalized spacial score (nSPS) is 11.3. The lowest BCUT2D eigenvalue weighted by Crippen LogP contribution is -2.25. The number of aromatic amines is 1. The number of imidazole rings is 1. The van der Waals surface area contributed by atoms with Crippen molar-refractivity contribution in [2.45, 2.75) is 13.8 Å². The summed E-state index contributed by atoms with van der Waals surface area (Å²) < 4.78 is 0. The van der Waals surface area contributed by atoms with Crippen LogP contribution in [-0.2, 0) is 0 Å². The van der Waals surface area contributed by atoms with Gasteiger partial charge < -0.3 is 15.6 Å². The molecule has 1 rings (SSSR count). The number of carbonyl (C=O) groups is 1. The van der Waals surface area contributed by atoms with Crippen LogP contribution in [0, 0.1) is 0 Å². The Labute approximate surface area is 106 Å². The van der Waals surface area contributed by atoms with E-state index in [1.54, 1.807) is 0 Å². The summed E-state index contributed by atoms with van der Waals surface area (Å²) >= 11 is 0. The van der Waals surface area contributed by atoms with Crippen LogP contribution in [0.2, 0.25) is 0 Å². The minimum absolute atomic E-state index is 0.192. The molecule has 0 aromatic carbocycles. The molecule has 0 saturated heterocycles. The van der Waals surface area contributed by atoms with Gasteiger partial charge in [0, 0.05) is 6.54 Å². The standard InChI is InChI=1S/C10H19N7O/c1-3-17(4-2)6-5-14-16-15-10-8(9(11)18)12-7-13-10/h7H,3-6H2,1-2H3,(H2,11,18)(H,12,13)(H,14,15). The van der Waals surface area contributed by atoms with E-state index in [4.69, 9.17) is 5.73 Å². The molecule has 0 bridgehead atoms. The molecular formula is C10H19N7O. The van der Waals surface area contributed by atoms with Crippen LogP contribution in [0.5, 0.6) is 0 Å². The van der Waals surface area contributed by atoms with Gasteiger partial charge in [0.2, 0.25) is 0 Å². The van der Waals surface area contributed by atoms with Crippen molar-refractivity contribution in [1.29, 1.82) is 0 Å². The molecule has 8 nitrogen and oxygen atoms in total. The quantitative estimate of drug-likeness (QED) is 0.466. The van der Waals surface area contributed by atoms with Gasteiger partial charge in [0.1, 0.15) is 5.69 Å². The number of aromatic nitrogens is 2. The third-order valence-electron chi connectivity index (χ3n) is 2.52. The number of rotatable bonds is 8. The highest BCUT2D eigenvalue weighted by molar-refractivity contribution is 5.95. The van der Waals surface area contributed by atoms with Crippen molar-refractivity contribution in [2.75, 3.05) is 31.6 Å². The summed E-state index contributed by atoms with van der Waals surface area (Å²) in [4.78, 5) is 19.7. The molecule has 8 heteroatoms. The van der Waals surface area contributed by atoms with E-state index < -0.39 is 5.91 Å². The predicted molar refractivity (Wildman–Crippen MR) is 68.2 cm³/mol. The molecule has 0 spiro atoms. The fourth-order valence-electron chi connectivity index (χ4n) is 1.43. The Morgan fingerprint density at radius 1 is 1.56 bits per heavy atom. The van der Waals surface area contributed by atoms with Gasteiger partial charge in [-0.15, -0.1) is 0 Å². The van der Waals surface area contributed by atoms with Crippen LogP contribution in [0.15, 0.2) is 16.7 Å². The molecule has 100 valence electrons. The van der Waals surface area contributed by atoms with Crippen LogP contribution in [0.1, 0.15) is 24.3 Å². The van der Waals surface area contributed by atoms with Gasteiger partial charge in [-0.2, -0.15) is 5.11 Å². The third kappa shape index (κ3) is 4.13. The summed E-state index contributed by atoms with van der Waals surface area (Å²) in [5.74, 6) is -0.303. The molecular weight excluding hydrogens is 234 g/mol. The first kappa shape index (κ1) is 14.1. The number of carbonyl (C=O) groups excluding carboxylic acids is 1. The molecule has 1 heterocycles. The molecule has 1 aromatic rings. The first-order valence-electron chi connectivity index (χ1n) is 5.87. The summed E-state index contributed by atoms with van der Waals surface area (Å²) in [5, 5.41) is 7.70. The number of nitrogens with two attached hydrogens (primary N) is 1.